The molecule has 4 atom stereocenters. The Kier molecular flexibility index (Phi) is 11.3. The van der Waals surface area contributed by atoms with E-state index in [1.807, 2.05) is 18.2 Å². The van der Waals surface area contributed by atoms with Gasteiger partial charge in [-0.25, -0.2) is 4.39 Å². The van der Waals surface area contributed by atoms with E-state index in [9.17, 15) is 28.8 Å². The predicted octanol–water partition coefficient (Wildman–Crippen LogP) is 6.94. The van der Waals surface area contributed by atoms with Crippen molar-refractivity contribution in [1.82, 2.24) is 20.4 Å². The van der Waals surface area contributed by atoms with Crippen molar-refractivity contribution in [2.75, 3.05) is 35.6 Å². The minimum absolute atomic E-state index is 0.0238. The van der Waals surface area contributed by atoms with Crippen LogP contribution in [0.15, 0.2) is 78.9 Å². The highest BCUT2D eigenvalue weighted by molar-refractivity contribution is 6.31. The van der Waals surface area contributed by atoms with Gasteiger partial charge in [-0.15, -0.1) is 0 Å². The second-order valence-corrected chi connectivity index (χ2v) is 19.1. The molecule has 5 aliphatic heterocycles. The molecule has 5 amide bonds. The molecule has 4 aromatic carbocycles. The number of halogens is 3. The molecule has 4 fully saturated rings. The third-order valence-corrected chi connectivity index (χ3v) is 15.1. The smallest absolute Gasteiger partial charge is 0.255 e. The van der Waals surface area contributed by atoms with Gasteiger partial charge < -0.3 is 20.9 Å². The maximum Gasteiger partial charge on any atom is 0.255 e. The quantitative estimate of drug-likeness (QED) is 0.0791. The Hall–Kier alpha value is -5.67. The Morgan fingerprint density at radius 3 is 2.43 bits per heavy atom. The average molecular weight is 921 g/mol. The average Bonchev–Trinajstić information content (AvgIpc) is 3.87. The molecule has 1 unspecified atom stereocenters. The molecule has 3 saturated heterocycles. The van der Waals surface area contributed by atoms with Crippen molar-refractivity contribution >= 4 is 75.6 Å². The number of imide groups is 1. The molecule has 16 heteroatoms. The molecule has 10 rings (SSSR count). The van der Waals surface area contributed by atoms with E-state index in [0.717, 1.165) is 50.1 Å². The molecule has 5 N–H and O–H groups in total. The van der Waals surface area contributed by atoms with E-state index in [1.165, 1.54) is 6.07 Å². The van der Waals surface area contributed by atoms with E-state index in [0.29, 0.717) is 71.7 Å². The summed E-state index contributed by atoms with van der Waals surface area (Å²) in [5.74, 6) is -3.39. The number of nitrogens with zero attached hydrogens (tertiary/aromatic N) is 2. The minimum Gasteiger partial charge on any atom is -0.379 e. The SMILES string of the molecule is O=C1CCC(N2Cc3c(NC4CN(CCCC(=O)c5ccc(NC(=O)[C@@H]6NC7(CCCCC7)[C@@]7(C(=O)Nc8cc(Cl)ccc87)[C@H]6c6cccc(Cl)c6F)cc5)C4)cccc3C2=O)C(=O)N1. The van der Waals surface area contributed by atoms with Crippen LogP contribution in [0.1, 0.15) is 101 Å². The van der Waals surface area contributed by atoms with Gasteiger partial charge in [0, 0.05) is 82.7 Å². The Labute approximate surface area is 385 Å². The molecule has 65 heavy (non-hydrogen) atoms. The van der Waals surface area contributed by atoms with Crippen molar-refractivity contribution in [1.29, 1.82) is 0 Å². The van der Waals surface area contributed by atoms with Crippen molar-refractivity contribution in [2.45, 2.75) is 99.3 Å². The Morgan fingerprint density at radius 1 is 0.892 bits per heavy atom. The molecule has 4 aromatic rings. The summed E-state index contributed by atoms with van der Waals surface area (Å²) < 4.78 is 16.3. The van der Waals surface area contributed by atoms with Gasteiger partial charge in [-0.1, -0.05) is 66.7 Å². The van der Waals surface area contributed by atoms with Crippen molar-refractivity contribution in [3.8, 4) is 0 Å². The molecule has 1 aliphatic carbocycles. The summed E-state index contributed by atoms with van der Waals surface area (Å²) in [6.07, 6.45) is 5.32. The molecule has 5 heterocycles. The molecule has 0 bridgehead atoms. The number of benzene rings is 4. The van der Waals surface area contributed by atoms with Crippen LogP contribution in [0.25, 0.3) is 0 Å². The summed E-state index contributed by atoms with van der Waals surface area (Å²) in [6.45, 7) is 2.57. The van der Waals surface area contributed by atoms with Crippen LogP contribution in [0.4, 0.5) is 21.5 Å². The third-order valence-electron chi connectivity index (χ3n) is 14.6. The summed E-state index contributed by atoms with van der Waals surface area (Å²) in [5.41, 5.74) is 2.41. The van der Waals surface area contributed by atoms with Crippen LogP contribution in [0.3, 0.4) is 0 Å². The highest BCUT2D eigenvalue weighted by Gasteiger charge is 2.72. The summed E-state index contributed by atoms with van der Waals surface area (Å²) in [4.78, 5) is 83.8. The number of Topliss-reactive ketones (excluding diaryl/α,β-unsaturated/α-hetero) is 1. The number of hydrogen-bond acceptors (Lipinski definition) is 9. The van der Waals surface area contributed by atoms with Crippen LogP contribution < -0.4 is 26.6 Å². The van der Waals surface area contributed by atoms with Crippen LogP contribution >= 0.6 is 23.2 Å². The number of rotatable bonds is 11. The van der Waals surface area contributed by atoms with Gasteiger partial charge in [0.05, 0.1) is 17.1 Å². The van der Waals surface area contributed by atoms with E-state index in [4.69, 9.17) is 23.2 Å². The van der Waals surface area contributed by atoms with Gasteiger partial charge in [-0.2, -0.15) is 0 Å². The highest BCUT2D eigenvalue weighted by Crippen LogP contribution is 2.63. The molecule has 0 radical (unpaired) electrons. The molecule has 0 aromatic heterocycles. The second kappa shape index (κ2) is 17.0. The number of amides is 5. The molecule has 1 saturated carbocycles. The van der Waals surface area contributed by atoms with E-state index in [-0.39, 0.29) is 46.6 Å². The lowest BCUT2D eigenvalue weighted by Gasteiger charge is -2.47. The zero-order valence-corrected chi connectivity index (χ0v) is 37.0. The fourth-order valence-electron chi connectivity index (χ4n) is 11.6. The zero-order valence-electron chi connectivity index (χ0n) is 35.5. The number of piperidine rings is 1. The predicted molar refractivity (Wildman–Crippen MR) is 244 cm³/mol. The van der Waals surface area contributed by atoms with Crippen LogP contribution in [-0.2, 0) is 31.1 Å². The van der Waals surface area contributed by atoms with Crippen molar-refractivity contribution < 1.29 is 33.2 Å². The first-order valence-corrected chi connectivity index (χ1v) is 23.1. The number of anilines is 3. The van der Waals surface area contributed by atoms with E-state index >= 15 is 4.39 Å². The third kappa shape index (κ3) is 7.38. The lowest BCUT2D eigenvalue weighted by atomic mass is 9.55. The van der Waals surface area contributed by atoms with Crippen molar-refractivity contribution in [2.24, 2.45) is 0 Å². The maximum atomic E-state index is 16.3. The Bertz CT molecular complexity index is 2650. The summed E-state index contributed by atoms with van der Waals surface area (Å²) >= 11 is 12.8. The number of ketones is 1. The van der Waals surface area contributed by atoms with E-state index < -0.39 is 46.6 Å². The Balaban J connectivity index is 0.770. The topological polar surface area (TPSA) is 169 Å². The first-order chi connectivity index (χ1) is 31.4. The lowest BCUT2D eigenvalue weighted by Crippen LogP contribution is -2.60. The summed E-state index contributed by atoms with van der Waals surface area (Å²) in [7, 11) is 0. The molecule has 336 valence electrons. The van der Waals surface area contributed by atoms with E-state index in [2.05, 4.69) is 31.5 Å². The number of nitrogens with one attached hydrogen (secondary N) is 5. The molecule has 6 aliphatic rings. The van der Waals surface area contributed by atoms with Gasteiger partial charge in [0.25, 0.3) is 5.91 Å². The van der Waals surface area contributed by atoms with Gasteiger partial charge in [0.1, 0.15) is 17.3 Å². The van der Waals surface area contributed by atoms with Gasteiger partial charge in [0.2, 0.25) is 23.6 Å². The first kappa shape index (κ1) is 43.2. The molecule has 13 nitrogen and oxygen atoms in total. The molecule has 2 spiro atoms. The molecular weight excluding hydrogens is 872 g/mol. The summed E-state index contributed by atoms with van der Waals surface area (Å²) in [6, 6.07) is 20.7. The zero-order chi connectivity index (χ0) is 45.2. The van der Waals surface area contributed by atoms with Crippen LogP contribution in [0.5, 0.6) is 0 Å². The van der Waals surface area contributed by atoms with Crippen LogP contribution in [-0.4, -0.2) is 88.4 Å². The largest absolute Gasteiger partial charge is 0.379 e. The summed E-state index contributed by atoms with van der Waals surface area (Å²) in [5, 5.41) is 16.0. The number of likely N-dealkylation sites (tertiary alicyclic amines) is 1. The fraction of sp³-hybridized carbons (Fsp3) is 0.388. The fourth-order valence-corrected chi connectivity index (χ4v) is 11.9. The number of carbonyl (C=O) groups is 6. The van der Waals surface area contributed by atoms with E-state index in [1.54, 1.807) is 59.5 Å². The number of carbonyl (C=O) groups excluding carboxylic acids is 6. The lowest BCUT2D eigenvalue weighted by molar-refractivity contribution is -0.137. The standard InChI is InChI=1S/C49H48Cl2FN7O6/c50-28-14-17-34-37(23-28)55-47(65)49(34)41(32-8-4-9-35(51)42(32)52)43(57-48(49)20-2-1-3-21-48)45(63)54-29-15-12-27(13-16-29)39(60)11-6-22-58-24-30(25-58)53-36-10-5-7-31-33(36)26-59(46(31)64)38-18-19-40(61)56-44(38)62/h4-5,7-10,12-17,23,30,38,41,43,53,57H,1-3,6,11,18-22,24-26H2,(H,54,63)(H,55,65)(H,56,61,62)/t38?,41-,43+,49+/m0/s1. The monoisotopic (exact) mass is 919 g/mol. The van der Waals surface area contributed by atoms with Gasteiger partial charge in [0.15, 0.2) is 5.78 Å². The first-order valence-electron chi connectivity index (χ1n) is 22.4. The van der Waals surface area contributed by atoms with Gasteiger partial charge >= 0.3 is 0 Å². The van der Waals surface area contributed by atoms with Crippen molar-refractivity contribution in [3.05, 3.63) is 123 Å². The highest BCUT2D eigenvalue weighted by atomic mass is 35.5. The van der Waals surface area contributed by atoms with Gasteiger partial charge in [-0.05, 0) is 98.0 Å². The second-order valence-electron chi connectivity index (χ2n) is 18.3. The number of fused-ring (bicyclic) bond motifs is 4. The Morgan fingerprint density at radius 2 is 1.66 bits per heavy atom. The van der Waals surface area contributed by atoms with Crippen molar-refractivity contribution in [3.63, 3.8) is 0 Å². The van der Waals surface area contributed by atoms with Crippen LogP contribution in [0, 0.1) is 5.82 Å². The van der Waals surface area contributed by atoms with Crippen LogP contribution in [0.2, 0.25) is 10.0 Å². The minimum atomic E-state index is -1.35. The normalized spacial score (nSPS) is 24.7. The maximum absolute atomic E-state index is 16.3. The number of hydrogen-bond donors (Lipinski definition) is 5. The van der Waals surface area contributed by atoms with Gasteiger partial charge in [-0.3, -0.25) is 44.3 Å². The molecular formula is C49H48Cl2FN7O6.